The molecule has 2 aromatic rings. The molecule has 1 N–H and O–H groups in total. The molecule has 0 saturated carbocycles. The zero-order chi connectivity index (χ0) is 13.8. The third-order valence-corrected chi connectivity index (χ3v) is 2.50. The van der Waals surface area contributed by atoms with Crippen molar-refractivity contribution >= 4 is 0 Å². The topological polar surface area (TPSA) is 51.0 Å². The molecule has 2 rings (SSSR count). The van der Waals surface area contributed by atoms with Crippen LogP contribution in [0.15, 0.2) is 16.5 Å². The van der Waals surface area contributed by atoms with Gasteiger partial charge in [0.05, 0.1) is 5.56 Å². The van der Waals surface area contributed by atoms with Crippen LogP contribution in [0, 0.1) is 17.5 Å². The quantitative estimate of drug-likeness (QED) is 0.669. The summed E-state index contributed by atoms with van der Waals surface area (Å²) in [7, 11) is 0. The van der Waals surface area contributed by atoms with Gasteiger partial charge < -0.3 is 9.73 Å². The summed E-state index contributed by atoms with van der Waals surface area (Å²) in [5.41, 5.74) is -0.249. The SMILES string of the molecule is CCNCCc1nnc(-c2ccc(F)c(F)c2F)o1. The standard InChI is InChI=1S/C12H12F3N3O/c1-2-16-6-5-9-17-18-12(19-9)7-3-4-8(13)11(15)10(7)14/h3-4,16H,2,5-6H2,1H3. The van der Waals surface area contributed by atoms with Gasteiger partial charge in [0.15, 0.2) is 17.5 Å². The van der Waals surface area contributed by atoms with E-state index in [2.05, 4.69) is 15.5 Å². The van der Waals surface area contributed by atoms with Crippen LogP contribution in [0.3, 0.4) is 0 Å². The number of hydrogen-bond acceptors (Lipinski definition) is 4. The number of halogens is 3. The van der Waals surface area contributed by atoms with Gasteiger partial charge in [0, 0.05) is 13.0 Å². The molecule has 1 heterocycles. The number of rotatable bonds is 5. The lowest BCUT2D eigenvalue weighted by atomic mass is 10.2. The summed E-state index contributed by atoms with van der Waals surface area (Å²) in [5.74, 6) is -4.00. The molecule has 19 heavy (non-hydrogen) atoms. The van der Waals surface area contributed by atoms with E-state index in [1.807, 2.05) is 6.92 Å². The normalized spacial score (nSPS) is 10.9. The predicted molar refractivity (Wildman–Crippen MR) is 61.9 cm³/mol. The molecular weight excluding hydrogens is 259 g/mol. The van der Waals surface area contributed by atoms with E-state index in [1.165, 1.54) is 0 Å². The third kappa shape index (κ3) is 2.93. The van der Waals surface area contributed by atoms with Gasteiger partial charge in [0.2, 0.25) is 5.89 Å². The molecule has 0 aliphatic carbocycles. The van der Waals surface area contributed by atoms with Crippen molar-refractivity contribution in [3.63, 3.8) is 0 Å². The lowest BCUT2D eigenvalue weighted by Crippen LogP contribution is -2.16. The fourth-order valence-electron chi connectivity index (χ4n) is 1.53. The summed E-state index contributed by atoms with van der Waals surface area (Å²) < 4.78 is 44.6. The van der Waals surface area contributed by atoms with Crippen molar-refractivity contribution in [3.8, 4) is 11.5 Å². The highest BCUT2D eigenvalue weighted by molar-refractivity contribution is 5.53. The van der Waals surface area contributed by atoms with E-state index in [4.69, 9.17) is 4.42 Å². The molecule has 0 spiro atoms. The minimum absolute atomic E-state index is 0.164. The van der Waals surface area contributed by atoms with Crippen molar-refractivity contribution in [3.05, 3.63) is 35.5 Å². The maximum atomic E-state index is 13.5. The molecule has 7 heteroatoms. The van der Waals surface area contributed by atoms with Crippen molar-refractivity contribution in [1.29, 1.82) is 0 Å². The molecule has 0 saturated heterocycles. The molecular formula is C12H12F3N3O. The van der Waals surface area contributed by atoms with Gasteiger partial charge in [0.1, 0.15) is 0 Å². The molecule has 0 unspecified atom stereocenters. The number of nitrogens with one attached hydrogen (secondary N) is 1. The van der Waals surface area contributed by atoms with E-state index in [9.17, 15) is 13.2 Å². The Labute approximate surface area is 107 Å². The smallest absolute Gasteiger partial charge is 0.250 e. The highest BCUT2D eigenvalue weighted by Gasteiger charge is 2.18. The molecule has 0 bridgehead atoms. The predicted octanol–water partition coefficient (Wildman–Crippen LogP) is 2.31. The van der Waals surface area contributed by atoms with Crippen LogP contribution in [0.4, 0.5) is 13.2 Å². The van der Waals surface area contributed by atoms with Gasteiger partial charge >= 0.3 is 0 Å². The molecule has 0 amide bonds. The van der Waals surface area contributed by atoms with Crippen LogP contribution in [-0.2, 0) is 6.42 Å². The van der Waals surface area contributed by atoms with Crippen LogP contribution >= 0.6 is 0 Å². The summed E-state index contributed by atoms with van der Waals surface area (Å²) in [6.45, 7) is 3.40. The molecule has 4 nitrogen and oxygen atoms in total. The zero-order valence-electron chi connectivity index (χ0n) is 10.2. The van der Waals surface area contributed by atoms with Gasteiger partial charge in [0.25, 0.3) is 5.89 Å². The minimum Gasteiger partial charge on any atom is -0.421 e. The summed E-state index contributed by atoms with van der Waals surface area (Å²) in [6.07, 6.45) is 0.478. The van der Waals surface area contributed by atoms with Gasteiger partial charge in [-0.1, -0.05) is 6.92 Å². The molecule has 1 aromatic heterocycles. The van der Waals surface area contributed by atoms with Crippen LogP contribution in [0.25, 0.3) is 11.5 Å². The third-order valence-electron chi connectivity index (χ3n) is 2.50. The van der Waals surface area contributed by atoms with Crippen LogP contribution < -0.4 is 5.32 Å². The van der Waals surface area contributed by atoms with E-state index in [-0.39, 0.29) is 11.5 Å². The first kappa shape index (κ1) is 13.5. The largest absolute Gasteiger partial charge is 0.421 e. The Kier molecular flexibility index (Phi) is 4.16. The van der Waals surface area contributed by atoms with Crippen LogP contribution in [0.2, 0.25) is 0 Å². The Morgan fingerprint density at radius 1 is 1.16 bits per heavy atom. The first-order valence-electron chi connectivity index (χ1n) is 5.80. The van der Waals surface area contributed by atoms with Gasteiger partial charge in [-0.05, 0) is 18.7 Å². The molecule has 1 aromatic carbocycles. The van der Waals surface area contributed by atoms with Gasteiger partial charge in [-0.15, -0.1) is 10.2 Å². The lowest BCUT2D eigenvalue weighted by Gasteiger charge is -2.00. The maximum Gasteiger partial charge on any atom is 0.250 e. The zero-order valence-corrected chi connectivity index (χ0v) is 10.2. The molecule has 0 aliphatic heterocycles. The van der Waals surface area contributed by atoms with Gasteiger partial charge in [-0.3, -0.25) is 0 Å². The van der Waals surface area contributed by atoms with Crippen LogP contribution in [-0.4, -0.2) is 23.3 Å². The molecule has 0 radical (unpaired) electrons. The van der Waals surface area contributed by atoms with Crippen LogP contribution in [0.1, 0.15) is 12.8 Å². The number of benzene rings is 1. The number of nitrogens with zero attached hydrogens (tertiary/aromatic N) is 2. The van der Waals surface area contributed by atoms with E-state index in [0.717, 1.165) is 18.7 Å². The molecule has 102 valence electrons. The van der Waals surface area contributed by atoms with Crippen molar-refractivity contribution < 1.29 is 17.6 Å². The second kappa shape index (κ2) is 5.83. The van der Waals surface area contributed by atoms with E-state index >= 15 is 0 Å². The fourth-order valence-corrected chi connectivity index (χ4v) is 1.53. The summed E-state index contributed by atoms with van der Waals surface area (Å²) in [5, 5.41) is 10.4. The highest BCUT2D eigenvalue weighted by Crippen LogP contribution is 2.24. The second-order valence-electron chi connectivity index (χ2n) is 3.83. The first-order valence-corrected chi connectivity index (χ1v) is 5.80. The van der Waals surface area contributed by atoms with E-state index in [1.54, 1.807) is 0 Å². The Morgan fingerprint density at radius 2 is 1.95 bits per heavy atom. The van der Waals surface area contributed by atoms with Crippen molar-refractivity contribution in [1.82, 2.24) is 15.5 Å². The first-order chi connectivity index (χ1) is 9.13. The number of hydrogen-bond donors (Lipinski definition) is 1. The van der Waals surface area contributed by atoms with E-state index < -0.39 is 17.5 Å². The average Bonchev–Trinajstić information content (AvgIpc) is 2.85. The Hall–Kier alpha value is -1.89. The number of likely N-dealkylation sites (N-methyl/N-ethyl adjacent to an activating group) is 1. The summed E-state index contributed by atoms with van der Waals surface area (Å²) in [6, 6.07) is 1.88. The average molecular weight is 271 g/mol. The van der Waals surface area contributed by atoms with Crippen molar-refractivity contribution in [2.45, 2.75) is 13.3 Å². The molecule has 0 atom stereocenters. The fraction of sp³-hybridized carbons (Fsp3) is 0.333. The Balaban J connectivity index is 2.21. The molecule has 0 aliphatic rings. The van der Waals surface area contributed by atoms with Crippen molar-refractivity contribution in [2.75, 3.05) is 13.1 Å². The summed E-state index contributed by atoms with van der Waals surface area (Å²) >= 11 is 0. The second-order valence-corrected chi connectivity index (χ2v) is 3.83. The van der Waals surface area contributed by atoms with Crippen LogP contribution in [0.5, 0.6) is 0 Å². The minimum atomic E-state index is -1.55. The number of aromatic nitrogens is 2. The van der Waals surface area contributed by atoms with E-state index in [0.29, 0.717) is 18.9 Å². The Bertz CT molecular complexity index is 571. The highest BCUT2D eigenvalue weighted by atomic mass is 19.2. The molecule has 0 fully saturated rings. The van der Waals surface area contributed by atoms with Gasteiger partial charge in [-0.2, -0.15) is 0 Å². The maximum absolute atomic E-state index is 13.5. The van der Waals surface area contributed by atoms with Gasteiger partial charge in [-0.25, -0.2) is 13.2 Å². The van der Waals surface area contributed by atoms with Crippen molar-refractivity contribution in [2.24, 2.45) is 0 Å². The lowest BCUT2D eigenvalue weighted by molar-refractivity contribution is 0.443. The Morgan fingerprint density at radius 3 is 2.68 bits per heavy atom. The monoisotopic (exact) mass is 271 g/mol. The summed E-state index contributed by atoms with van der Waals surface area (Å²) in [4.78, 5) is 0.